The second kappa shape index (κ2) is 9.23. The number of thiazole rings is 1. The van der Waals surface area contributed by atoms with Crippen LogP contribution >= 0.6 is 22.9 Å². The van der Waals surface area contributed by atoms with Gasteiger partial charge in [0.05, 0.1) is 29.4 Å². The van der Waals surface area contributed by atoms with Gasteiger partial charge in [0.15, 0.2) is 0 Å². The molecule has 0 radical (unpaired) electrons. The number of nitrogens with one attached hydrogen (secondary N) is 2. The molecule has 7 nitrogen and oxygen atoms in total. The van der Waals surface area contributed by atoms with Crippen LogP contribution in [0.2, 0.25) is 5.02 Å². The maximum absolute atomic E-state index is 13.0. The highest BCUT2D eigenvalue weighted by Gasteiger charge is 2.38. The number of hydrogen-bond acceptors (Lipinski definition) is 6. The zero-order chi connectivity index (χ0) is 22.9. The van der Waals surface area contributed by atoms with Crippen LogP contribution in [-0.2, 0) is 17.9 Å². The molecule has 0 unspecified atom stereocenters. The lowest BCUT2D eigenvalue weighted by atomic mass is 10.1. The number of likely N-dealkylation sites (tertiary alicyclic amines) is 1. The first-order valence-electron chi connectivity index (χ1n) is 10.8. The Kier molecular flexibility index (Phi) is 6.16. The number of halogens is 1. The van der Waals surface area contributed by atoms with Gasteiger partial charge < -0.3 is 15.4 Å². The molecule has 33 heavy (non-hydrogen) atoms. The fraction of sp³-hybridized carbons (Fsp3) is 0.292. The van der Waals surface area contributed by atoms with Crippen LogP contribution in [0.3, 0.4) is 0 Å². The van der Waals surface area contributed by atoms with Gasteiger partial charge >= 0.3 is 0 Å². The topological polar surface area (TPSA) is 94.1 Å². The molecule has 1 saturated heterocycles. The lowest BCUT2D eigenvalue weighted by Gasteiger charge is -2.24. The van der Waals surface area contributed by atoms with Crippen LogP contribution in [-0.4, -0.2) is 49.6 Å². The molecule has 0 saturated carbocycles. The molecule has 1 amide bonds. The summed E-state index contributed by atoms with van der Waals surface area (Å²) in [5.41, 5.74) is 4.85. The number of fused-ring (bicyclic) bond motifs is 1. The maximum Gasteiger partial charge on any atom is 0.240 e. The number of aryl methyl sites for hydroxylation is 1. The van der Waals surface area contributed by atoms with E-state index < -0.39 is 12.1 Å². The highest BCUT2D eigenvalue weighted by molar-refractivity contribution is 7.13. The predicted octanol–water partition coefficient (Wildman–Crippen LogP) is 3.90. The molecule has 2 atom stereocenters. The van der Waals surface area contributed by atoms with Crippen LogP contribution in [0.1, 0.15) is 23.5 Å². The minimum absolute atomic E-state index is 0.204. The van der Waals surface area contributed by atoms with Gasteiger partial charge in [-0.1, -0.05) is 29.8 Å². The summed E-state index contributed by atoms with van der Waals surface area (Å²) in [5, 5.41) is 17.0. The van der Waals surface area contributed by atoms with Crippen molar-refractivity contribution >= 4 is 39.9 Å². The summed E-state index contributed by atoms with van der Waals surface area (Å²) in [6.07, 6.45) is -0.159. The molecule has 170 valence electrons. The van der Waals surface area contributed by atoms with E-state index in [2.05, 4.69) is 15.3 Å². The number of nitrogens with zero attached hydrogens (tertiary/aromatic N) is 3. The van der Waals surface area contributed by atoms with Gasteiger partial charge in [0.1, 0.15) is 16.9 Å². The van der Waals surface area contributed by atoms with E-state index in [4.69, 9.17) is 16.6 Å². The Bertz CT molecular complexity index is 1290. The number of benzene rings is 2. The minimum atomic E-state index is -0.710. The van der Waals surface area contributed by atoms with Crippen LogP contribution in [0, 0.1) is 6.92 Å². The zero-order valence-electron chi connectivity index (χ0n) is 18.1. The standard InChI is InChI=1S/C24H24ClN5O2S/c1-14-2-7-18-19(10-14)29-21(28-18)11-26-23(32)22-20(31)8-9-30(22)12-17-13-33-24(27-17)15-3-5-16(25)6-4-15/h2-7,10,13,20,22,31H,8-9,11-12H2,1H3,(H,26,32)(H,28,29)/t20-,22-/m0/s1. The molecule has 1 aliphatic heterocycles. The zero-order valence-corrected chi connectivity index (χ0v) is 19.7. The first-order chi connectivity index (χ1) is 16.0. The molecule has 5 rings (SSSR count). The van der Waals surface area contributed by atoms with Crippen molar-refractivity contribution in [3.63, 3.8) is 0 Å². The van der Waals surface area contributed by atoms with Crippen molar-refractivity contribution in [2.24, 2.45) is 0 Å². The summed E-state index contributed by atoms with van der Waals surface area (Å²) in [6, 6.07) is 13.0. The minimum Gasteiger partial charge on any atom is -0.391 e. The number of H-pyrrole nitrogens is 1. The van der Waals surface area contributed by atoms with E-state index in [1.165, 1.54) is 0 Å². The summed E-state index contributed by atoms with van der Waals surface area (Å²) in [5.74, 6) is 0.486. The van der Waals surface area contributed by atoms with Gasteiger partial charge in [0, 0.05) is 29.1 Å². The third kappa shape index (κ3) is 4.79. The summed E-state index contributed by atoms with van der Waals surface area (Å²) >= 11 is 7.53. The number of hydrogen-bond donors (Lipinski definition) is 3. The first kappa shape index (κ1) is 22.0. The van der Waals surface area contributed by atoms with Crippen LogP contribution in [0.15, 0.2) is 47.8 Å². The van der Waals surface area contributed by atoms with Crippen molar-refractivity contribution in [2.45, 2.75) is 38.6 Å². The van der Waals surface area contributed by atoms with E-state index in [-0.39, 0.29) is 12.5 Å². The fourth-order valence-electron chi connectivity index (χ4n) is 4.20. The van der Waals surface area contributed by atoms with Crippen LogP contribution in [0.5, 0.6) is 0 Å². The molecule has 0 spiro atoms. The van der Waals surface area contributed by atoms with E-state index in [1.807, 2.05) is 59.7 Å². The fourth-order valence-corrected chi connectivity index (χ4v) is 5.15. The van der Waals surface area contributed by atoms with Crippen LogP contribution < -0.4 is 5.32 Å². The number of rotatable bonds is 6. The number of aliphatic hydroxyl groups is 1. The Morgan fingerprint density at radius 1 is 1.27 bits per heavy atom. The Labute approximate surface area is 200 Å². The molecule has 2 aromatic heterocycles. The molecule has 3 heterocycles. The van der Waals surface area contributed by atoms with E-state index in [9.17, 15) is 9.90 Å². The summed E-state index contributed by atoms with van der Waals surface area (Å²) < 4.78 is 0. The summed E-state index contributed by atoms with van der Waals surface area (Å²) in [6.45, 7) is 3.44. The van der Waals surface area contributed by atoms with E-state index >= 15 is 0 Å². The highest BCUT2D eigenvalue weighted by atomic mass is 35.5. The number of aliphatic hydroxyl groups excluding tert-OH is 1. The average molecular weight is 482 g/mol. The van der Waals surface area contributed by atoms with Gasteiger partial charge in [-0.2, -0.15) is 0 Å². The third-order valence-corrected chi connectivity index (χ3v) is 7.06. The monoisotopic (exact) mass is 481 g/mol. The second-order valence-corrected chi connectivity index (χ2v) is 9.64. The molecule has 3 N–H and O–H groups in total. The van der Waals surface area contributed by atoms with Crippen molar-refractivity contribution in [1.82, 2.24) is 25.2 Å². The van der Waals surface area contributed by atoms with Gasteiger partial charge in [0.25, 0.3) is 0 Å². The molecule has 4 aromatic rings. The van der Waals surface area contributed by atoms with Gasteiger partial charge in [-0.3, -0.25) is 9.69 Å². The smallest absolute Gasteiger partial charge is 0.240 e. The molecule has 0 aliphatic carbocycles. The van der Waals surface area contributed by atoms with Gasteiger partial charge in [-0.25, -0.2) is 9.97 Å². The molecular formula is C24H24ClN5O2S. The maximum atomic E-state index is 13.0. The number of amides is 1. The lowest BCUT2D eigenvalue weighted by molar-refractivity contribution is -0.128. The number of carbonyl (C=O) groups is 1. The highest BCUT2D eigenvalue weighted by Crippen LogP contribution is 2.27. The molecule has 0 bridgehead atoms. The normalized spacial score (nSPS) is 18.8. The molecule has 1 fully saturated rings. The number of aromatic nitrogens is 3. The summed E-state index contributed by atoms with van der Waals surface area (Å²) in [4.78, 5) is 27.5. The van der Waals surface area contributed by atoms with Gasteiger partial charge in [0.2, 0.25) is 5.91 Å². The van der Waals surface area contributed by atoms with Crippen molar-refractivity contribution in [3.05, 3.63) is 69.9 Å². The molecule has 1 aliphatic rings. The first-order valence-corrected chi connectivity index (χ1v) is 12.1. The molecule has 9 heteroatoms. The van der Waals surface area contributed by atoms with Crippen LogP contribution in [0.25, 0.3) is 21.6 Å². The van der Waals surface area contributed by atoms with E-state index in [0.717, 1.165) is 32.9 Å². The quantitative estimate of drug-likeness (QED) is 0.388. The number of aromatic amines is 1. The second-order valence-electron chi connectivity index (χ2n) is 8.34. The Morgan fingerprint density at radius 3 is 2.91 bits per heavy atom. The number of carbonyl (C=O) groups excluding carboxylic acids is 1. The molecule has 2 aromatic carbocycles. The number of imidazole rings is 1. The van der Waals surface area contributed by atoms with E-state index in [0.29, 0.717) is 30.4 Å². The van der Waals surface area contributed by atoms with Crippen molar-refractivity contribution in [1.29, 1.82) is 0 Å². The SMILES string of the molecule is Cc1ccc2nc(CNC(=O)[C@@H]3[C@@H](O)CCN3Cc3csc(-c4ccc(Cl)cc4)n3)[nH]c2c1. The summed E-state index contributed by atoms with van der Waals surface area (Å²) in [7, 11) is 0. The Balaban J connectivity index is 1.24. The predicted molar refractivity (Wildman–Crippen MR) is 130 cm³/mol. The van der Waals surface area contributed by atoms with Crippen molar-refractivity contribution < 1.29 is 9.90 Å². The third-order valence-electron chi connectivity index (χ3n) is 5.86. The lowest BCUT2D eigenvalue weighted by Crippen LogP contribution is -2.47. The van der Waals surface area contributed by atoms with Crippen LogP contribution in [0.4, 0.5) is 0 Å². The van der Waals surface area contributed by atoms with Gasteiger partial charge in [-0.15, -0.1) is 11.3 Å². The van der Waals surface area contributed by atoms with E-state index in [1.54, 1.807) is 11.3 Å². The Hall–Kier alpha value is -2.78. The average Bonchev–Trinajstić information content (AvgIpc) is 3.51. The largest absolute Gasteiger partial charge is 0.391 e. The van der Waals surface area contributed by atoms with Crippen molar-refractivity contribution in [3.8, 4) is 10.6 Å². The van der Waals surface area contributed by atoms with Gasteiger partial charge in [-0.05, 0) is 43.2 Å². The molecular weight excluding hydrogens is 458 g/mol. The Morgan fingerprint density at radius 2 is 2.09 bits per heavy atom. The van der Waals surface area contributed by atoms with Crippen molar-refractivity contribution in [2.75, 3.05) is 6.54 Å².